The Hall–Kier alpha value is -2.55. The van der Waals surface area contributed by atoms with Gasteiger partial charge in [0, 0.05) is 25.3 Å². The van der Waals surface area contributed by atoms with Crippen LogP contribution in [0, 0.1) is 6.92 Å². The number of aromatic nitrogens is 5. The lowest BCUT2D eigenvalue weighted by molar-refractivity contribution is -0.124. The van der Waals surface area contributed by atoms with Crippen LogP contribution >= 0.6 is 0 Å². The third-order valence-electron chi connectivity index (χ3n) is 3.82. The zero-order valence-electron chi connectivity index (χ0n) is 13.5. The fraction of sp³-hybridized carbons (Fsp3) is 0.533. The molecule has 1 amide bonds. The van der Waals surface area contributed by atoms with Crippen molar-refractivity contribution in [3.63, 3.8) is 0 Å². The van der Waals surface area contributed by atoms with Gasteiger partial charge >= 0.3 is 0 Å². The van der Waals surface area contributed by atoms with E-state index in [1.165, 1.54) is 0 Å². The van der Waals surface area contributed by atoms with Gasteiger partial charge in [0.1, 0.15) is 11.9 Å². The molecule has 3 heterocycles. The SMILES string of the molecule is Cc1nnnn1CCC(=O)N[C@@H]1CCOC[C@H]1Oc1ccccn1. The fourth-order valence-electron chi connectivity index (χ4n) is 2.51. The van der Waals surface area contributed by atoms with E-state index in [0.29, 0.717) is 44.3 Å². The number of carbonyl (C=O) groups excluding carboxylic acids is 1. The number of carbonyl (C=O) groups is 1. The molecule has 0 saturated carbocycles. The number of nitrogens with zero attached hydrogens (tertiary/aromatic N) is 5. The molecule has 2 aromatic heterocycles. The highest BCUT2D eigenvalue weighted by atomic mass is 16.5. The van der Waals surface area contributed by atoms with Gasteiger partial charge < -0.3 is 14.8 Å². The molecule has 2 aromatic rings. The van der Waals surface area contributed by atoms with Gasteiger partial charge in [0.05, 0.1) is 19.2 Å². The number of pyridine rings is 1. The number of hydrogen-bond acceptors (Lipinski definition) is 7. The van der Waals surface area contributed by atoms with Crippen LogP contribution in [0.4, 0.5) is 0 Å². The van der Waals surface area contributed by atoms with Gasteiger partial charge in [0.15, 0.2) is 0 Å². The van der Waals surface area contributed by atoms with E-state index in [4.69, 9.17) is 9.47 Å². The van der Waals surface area contributed by atoms with Gasteiger partial charge in [-0.2, -0.15) is 0 Å². The average molecular weight is 332 g/mol. The molecule has 0 radical (unpaired) electrons. The number of tetrazole rings is 1. The van der Waals surface area contributed by atoms with Crippen molar-refractivity contribution in [3.8, 4) is 5.88 Å². The van der Waals surface area contributed by atoms with Crippen LogP contribution in [-0.4, -0.2) is 56.5 Å². The summed E-state index contributed by atoms with van der Waals surface area (Å²) in [6.45, 7) is 3.26. The van der Waals surface area contributed by atoms with Crippen LogP contribution in [0.3, 0.4) is 0 Å². The maximum Gasteiger partial charge on any atom is 0.222 e. The zero-order valence-corrected chi connectivity index (χ0v) is 13.5. The first-order chi connectivity index (χ1) is 11.7. The molecular weight excluding hydrogens is 312 g/mol. The molecule has 1 fully saturated rings. The average Bonchev–Trinajstić information content (AvgIpc) is 3.01. The molecule has 24 heavy (non-hydrogen) atoms. The Balaban J connectivity index is 1.53. The van der Waals surface area contributed by atoms with E-state index in [-0.39, 0.29) is 18.1 Å². The van der Waals surface area contributed by atoms with Crippen molar-refractivity contribution in [2.45, 2.75) is 38.5 Å². The van der Waals surface area contributed by atoms with Crippen LogP contribution in [-0.2, 0) is 16.1 Å². The number of amides is 1. The van der Waals surface area contributed by atoms with Crippen molar-refractivity contribution in [3.05, 3.63) is 30.2 Å². The van der Waals surface area contributed by atoms with Crippen molar-refractivity contribution in [2.75, 3.05) is 13.2 Å². The molecule has 0 aromatic carbocycles. The van der Waals surface area contributed by atoms with E-state index < -0.39 is 0 Å². The second-order valence-corrected chi connectivity index (χ2v) is 5.56. The number of nitrogens with one attached hydrogen (secondary N) is 1. The topological polar surface area (TPSA) is 104 Å². The van der Waals surface area contributed by atoms with E-state index in [2.05, 4.69) is 25.8 Å². The predicted octanol–water partition coefficient (Wildman–Crippen LogP) is 0.119. The third kappa shape index (κ3) is 4.25. The number of aryl methyl sites for hydroxylation is 2. The van der Waals surface area contributed by atoms with Crippen LogP contribution in [0.5, 0.6) is 5.88 Å². The largest absolute Gasteiger partial charge is 0.470 e. The fourth-order valence-corrected chi connectivity index (χ4v) is 2.51. The van der Waals surface area contributed by atoms with Gasteiger partial charge in [-0.3, -0.25) is 4.79 Å². The van der Waals surface area contributed by atoms with Crippen molar-refractivity contribution >= 4 is 5.91 Å². The lowest BCUT2D eigenvalue weighted by atomic mass is 10.1. The zero-order chi connectivity index (χ0) is 16.8. The van der Waals surface area contributed by atoms with Crippen LogP contribution in [0.25, 0.3) is 0 Å². The summed E-state index contributed by atoms with van der Waals surface area (Å²) in [5, 5.41) is 14.2. The van der Waals surface area contributed by atoms with Gasteiger partial charge in [0.25, 0.3) is 0 Å². The van der Waals surface area contributed by atoms with Gasteiger partial charge in [-0.15, -0.1) is 5.10 Å². The predicted molar refractivity (Wildman–Crippen MR) is 83.2 cm³/mol. The van der Waals surface area contributed by atoms with Gasteiger partial charge in [-0.05, 0) is 29.8 Å². The van der Waals surface area contributed by atoms with Gasteiger partial charge in [0.2, 0.25) is 11.8 Å². The lowest BCUT2D eigenvalue weighted by Crippen LogP contribution is -2.51. The maximum absolute atomic E-state index is 12.2. The Kier molecular flexibility index (Phi) is 5.32. The molecule has 1 aliphatic heterocycles. The van der Waals surface area contributed by atoms with Gasteiger partial charge in [-0.1, -0.05) is 6.07 Å². The molecule has 9 heteroatoms. The first-order valence-electron chi connectivity index (χ1n) is 7.90. The number of hydrogen-bond donors (Lipinski definition) is 1. The standard InChI is InChI=1S/C15H20N6O3/c1-11-18-19-20-21(11)8-5-14(22)17-12-6-9-23-10-13(12)24-15-4-2-3-7-16-15/h2-4,7,12-13H,5-6,8-10H2,1H3,(H,17,22)/t12-,13-/m1/s1. The Morgan fingerprint density at radius 3 is 3.17 bits per heavy atom. The van der Waals surface area contributed by atoms with E-state index in [1.54, 1.807) is 23.9 Å². The summed E-state index contributed by atoms with van der Waals surface area (Å²) in [6.07, 6.45) is 2.42. The quantitative estimate of drug-likeness (QED) is 0.801. The monoisotopic (exact) mass is 332 g/mol. The second-order valence-electron chi connectivity index (χ2n) is 5.56. The molecule has 2 atom stereocenters. The Morgan fingerprint density at radius 1 is 1.50 bits per heavy atom. The summed E-state index contributed by atoms with van der Waals surface area (Å²) < 4.78 is 12.9. The van der Waals surface area contributed by atoms with Crippen molar-refractivity contribution in [1.29, 1.82) is 0 Å². The molecule has 1 saturated heterocycles. The molecule has 1 N–H and O–H groups in total. The highest BCUT2D eigenvalue weighted by Crippen LogP contribution is 2.15. The molecule has 1 aliphatic rings. The summed E-state index contributed by atoms with van der Waals surface area (Å²) >= 11 is 0. The van der Waals surface area contributed by atoms with Crippen LogP contribution in [0.15, 0.2) is 24.4 Å². The van der Waals surface area contributed by atoms with Crippen LogP contribution < -0.4 is 10.1 Å². The molecule has 0 aliphatic carbocycles. The summed E-state index contributed by atoms with van der Waals surface area (Å²) in [6, 6.07) is 5.36. The smallest absolute Gasteiger partial charge is 0.222 e. The summed E-state index contributed by atoms with van der Waals surface area (Å²) in [4.78, 5) is 16.4. The van der Waals surface area contributed by atoms with Crippen molar-refractivity contribution < 1.29 is 14.3 Å². The van der Waals surface area contributed by atoms with E-state index in [9.17, 15) is 4.79 Å². The Morgan fingerprint density at radius 2 is 2.42 bits per heavy atom. The number of ether oxygens (including phenoxy) is 2. The van der Waals surface area contributed by atoms with Crippen LogP contribution in [0.2, 0.25) is 0 Å². The van der Waals surface area contributed by atoms with Crippen molar-refractivity contribution in [2.24, 2.45) is 0 Å². The summed E-state index contributed by atoms with van der Waals surface area (Å²) in [5.41, 5.74) is 0. The Bertz CT molecular complexity index is 662. The third-order valence-corrected chi connectivity index (χ3v) is 3.82. The summed E-state index contributed by atoms with van der Waals surface area (Å²) in [7, 11) is 0. The molecule has 0 spiro atoms. The maximum atomic E-state index is 12.2. The Labute approximate surface area is 139 Å². The highest BCUT2D eigenvalue weighted by molar-refractivity contribution is 5.76. The molecule has 3 rings (SSSR count). The lowest BCUT2D eigenvalue weighted by Gasteiger charge is -2.32. The van der Waals surface area contributed by atoms with Crippen LogP contribution in [0.1, 0.15) is 18.7 Å². The first-order valence-corrected chi connectivity index (χ1v) is 7.90. The second kappa shape index (κ2) is 7.82. The molecule has 0 unspecified atom stereocenters. The van der Waals surface area contributed by atoms with E-state index >= 15 is 0 Å². The molecule has 128 valence electrons. The highest BCUT2D eigenvalue weighted by Gasteiger charge is 2.29. The minimum atomic E-state index is -0.257. The number of rotatable bonds is 6. The molecule has 9 nitrogen and oxygen atoms in total. The van der Waals surface area contributed by atoms with Crippen molar-refractivity contribution in [1.82, 2.24) is 30.5 Å². The minimum absolute atomic E-state index is 0.0635. The van der Waals surface area contributed by atoms with Gasteiger partial charge in [-0.25, -0.2) is 9.67 Å². The molecular formula is C15H20N6O3. The minimum Gasteiger partial charge on any atom is -0.470 e. The van der Waals surface area contributed by atoms with E-state index in [1.807, 2.05) is 12.1 Å². The van der Waals surface area contributed by atoms with E-state index in [0.717, 1.165) is 0 Å². The first kappa shape index (κ1) is 16.3. The molecule has 0 bridgehead atoms. The normalized spacial score (nSPS) is 20.5. The summed E-state index contributed by atoms with van der Waals surface area (Å²) in [5.74, 6) is 1.15.